The van der Waals surface area contributed by atoms with Crippen molar-refractivity contribution in [1.82, 2.24) is 20.4 Å². The van der Waals surface area contributed by atoms with Gasteiger partial charge in [0.15, 0.2) is 5.82 Å². The van der Waals surface area contributed by atoms with E-state index < -0.39 is 5.54 Å². The quantitative estimate of drug-likeness (QED) is 0.867. The van der Waals surface area contributed by atoms with Gasteiger partial charge in [-0.25, -0.2) is 4.98 Å². The molecule has 0 atom stereocenters. The van der Waals surface area contributed by atoms with Gasteiger partial charge in [-0.15, -0.1) is 0 Å². The van der Waals surface area contributed by atoms with Gasteiger partial charge in [0.1, 0.15) is 5.82 Å². The summed E-state index contributed by atoms with van der Waals surface area (Å²) in [6, 6.07) is 6.31. The van der Waals surface area contributed by atoms with Crippen molar-refractivity contribution in [1.29, 1.82) is 0 Å². The van der Waals surface area contributed by atoms with Gasteiger partial charge in [-0.1, -0.05) is 11.2 Å². The number of nitrogens with zero attached hydrogens (tertiary/aromatic N) is 3. The molecule has 2 aromatic rings. The van der Waals surface area contributed by atoms with Gasteiger partial charge < -0.3 is 15.2 Å². The second kappa shape index (κ2) is 7.21. The minimum Gasteiger partial charge on any atom is -0.367 e. The van der Waals surface area contributed by atoms with Gasteiger partial charge in [0, 0.05) is 25.1 Å². The Labute approximate surface area is 147 Å². The first kappa shape index (κ1) is 17.4. The minimum atomic E-state index is -0.634. The Morgan fingerprint density at radius 1 is 1.24 bits per heavy atom. The maximum Gasteiger partial charge on any atom is 0.229 e. The Morgan fingerprint density at radius 2 is 2.00 bits per heavy atom. The molecule has 1 amide bonds. The highest BCUT2D eigenvalue weighted by Gasteiger charge is 2.31. The van der Waals surface area contributed by atoms with Crippen molar-refractivity contribution in [3.8, 4) is 0 Å². The molecule has 1 aliphatic carbocycles. The number of amides is 1. The van der Waals surface area contributed by atoms with E-state index in [9.17, 15) is 4.79 Å². The lowest BCUT2D eigenvalue weighted by Gasteiger charge is -2.27. The van der Waals surface area contributed by atoms with E-state index in [1.54, 1.807) is 6.20 Å². The molecule has 0 aliphatic heterocycles. The van der Waals surface area contributed by atoms with E-state index in [-0.39, 0.29) is 11.8 Å². The summed E-state index contributed by atoms with van der Waals surface area (Å²) >= 11 is 0. The van der Waals surface area contributed by atoms with Crippen LogP contribution in [0.25, 0.3) is 0 Å². The topological polar surface area (TPSA) is 92.9 Å². The lowest BCUT2D eigenvalue weighted by atomic mass is 9.86. The highest BCUT2D eigenvalue weighted by atomic mass is 16.5. The van der Waals surface area contributed by atoms with Crippen LogP contribution < -0.4 is 10.6 Å². The maximum absolute atomic E-state index is 11.3. The first-order chi connectivity index (χ1) is 11.9. The van der Waals surface area contributed by atoms with Gasteiger partial charge in [-0.2, -0.15) is 4.98 Å². The molecule has 0 unspecified atom stereocenters. The van der Waals surface area contributed by atoms with Crippen LogP contribution in [0, 0.1) is 0 Å². The average Bonchev–Trinajstić information content (AvgIpc) is 3.06. The standard InChI is InChI=1S/C18H25N5O2/c1-12(24)22-18(2,3)17-21-16(25-23-17)13-7-9-14(10-8-13)20-15-6-4-5-11-19-15/h4-6,11,13-14H,7-10H2,1-3H3,(H,19,20)(H,22,24). The maximum atomic E-state index is 11.3. The van der Waals surface area contributed by atoms with Gasteiger partial charge in [0.2, 0.25) is 11.8 Å². The van der Waals surface area contributed by atoms with Crippen molar-refractivity contribution in [2.75, 3.05) is 5.32 Å². The molecule has 1 aliphatic rings. The van der Waals surface area contributed by atoms with Crippen LogP contribution in [0.15, 0.2) is 28.9 Å². The van der Waals surface area contributed by atoms with Crippen LogP contribution in [-0.4, -0.2) is 27.1 Å². The first-order valence-electron chi connectivity index (χ1n) is 8.74. The lowest BCUT2D eigenvalue weighted by Crippen LogP contribution is -2.40. The molecule has 0 saturated heterocycles. The number of aromatic nitrogens is 3. The molecular formula is C18H25N5O2. The van der Waals surface area contributed by atoms with Crippen molar-refractivity contribution in [3.05, 3.63) is 36.1 Å². The molecule has 7 heteroatoms. The van der Waals surface area contributed by atoms with E-state index in [2.05, 4.69) is 25.8 Å². The third-order valence-corrected chi connectivity index (χ3v) is 4.58. The van der Waals surface area contributed by atoms with Crippen molar-refractivity contribution in [2.45, 2.75) is 64.0 Å². The summed E-state index contributed by atoms with van der Waals surface area (Å²) in [4.78, 5) is 20.2. The molecule has 2 aromatic heterocycles. The van der Waals surface area contributed by atoms with Crippen molar-refractivity contribution in [2.24, 2.45) is 0 Å². The number of rotatable bonds is 5. The number of pyridine rings is 1. The molecule has 1 fully saturated rings. The van der Waals surface area contributed by atoms with Crippen LogP contribution in [0.4, 0.5) is 5.82 Å². The zero-order valence-electron chi connectivity index (χ0n) is 15.0. The van der Waals surface area contributed by atoms with E-state index in [0.717, 1.165) is 31.5 Å². The molecule has 3 rings (SSSR count). The minimum absolute atomic E-state index is 0.113. The zero-order valence-corrected chi connectivity index (χ0v) is 15.0. The van der Waals surface area contributed by atoms with Gasteiger partial charge in [0.05, 0.1) is 5.54 Å². The third kappa shape index (κ3) is 4.35. The summed E-state index contributed by atoms with van der Waals surface area (Å²) in [5, 5.41) is 10.4. The molecule has 25 heavy (non-hydrogen) atoms. The van der Waals surface area contributed by atoms with Crippen LogP contribution in [0.5, 0.6) is 0 Å². The van der Waals surface area contributed by atoms with Crippen molar-refractivity contribution in [3.63, 3.8) is 0 Å². The smallest absolute Gasteiger partial charge is 0.229 e. The Hall–Kier alpha value is -2.44. The largest absolute Gasteiger partial charge is 0.367 e. The van der Waals surface area contributed by atoms with Crippen LogP contribution in [0.2, 0.25) is 0 Å². The third-order valence-electron chi connectivity index (χ3n) is 4.58. The predicted octanol–water partition coefficient (Wildman–Crippen LogP) is 2.97. The number of carbonyl (C=O) groups excluding carboxylic acids is 1. The van der Waals surface area contributed by atoms with Crippen molar-refractivity contribution < 1.29 is 9.32 Å². The average molecular weight is 343 g/mol. The monoisotopic (exact) mass is 343 g/mol. The van der Waals surface area contributed by atoms with E-state index in [0.29, 0.717) is 17.8 Å². The second-order valence-corrected chi connectivity index (χ2v) is 7.17. The summed E-state index contributed by atoms with van der Waals surface area (Å²) < 4.78 is 5.48. The molecule has 0 spiro atoms. The first-order valence-corrected chi connectivity index (χ1v) is 8.74. The molecule has 7 nitrogen and oxygen atoms in total. The van der Waals surface area contributed by atoms with Gasteiger partial charge in [-0.05, 0) is 51.7 Å². The van der Waals surface area contributed by atoms with Gasteiger partial charge >= 0.3 is 0 Å². The molecule has 1 saturated carbocycles. The SMILES string of the molecule is CC(=O)NC(C)(C)c1noc(C2CCC(Nc3ccccn3)CC2)n1. The highest BCUT2D eigenvalue weighted by molar-refractivity contribution is 5.73. The molecule has 0 radical (unpaired) electrons. The van der Waals surface area contributed by atoms with E-state index in [1.807, 2.05) is 32.0 Å². The summed E-state index contributed by atoms with van der Waals surface area (Å²) in [5.74, 6) is 2.27. The summed E-state index contributed by atoms with van der Waals surface area (Å²) in [7, 11) is 0. The van der Waals surface area contributed by atoms with E-state index in [1.165, 1.54) is 6.92 Å². The van der Waals surface area contributed by atoms with E-state index in [4.69, 9.17) is 4.52 Å². The number of carbonyl (C=O) groups is 1. The van der Waals surface area contributed by atoms with Crippen LogP contribution in [0.1, 0.15) is 64.1 Å². The van der Waals surface area contributed by atoms with Gasteiger partial charge in [-0.3, -0.25) is 4.79 Å². The Kier molecular flexibility index (Phi) is 5.01. The number of hydrogen-bond acceptors (Lipinski definition) is 6. The number of hydrogen-bond donors (Lipinski definition) is 2. The zero-order chi connectivity index (χ0) is 17.9. The fourth-order valence-corrected chi connectivity index (χ4v) is 3.29. The van der Waals surface area contributed by atoms with Crippen molar-refractivity contribution >= 4 is 11.7 Å². The highest BCUT2D eigenvalue weighted by Crippen LogP contribution is 2.33. The molecule has 2 heterocycles. The Morgan fingerprint density at radius 3 is 2.64 bits per heavy atom. The fourth-order valence-electron chi connectivity index (χ4n) is 3.29. The molecule has 134 valence electrons. The summed E-state index contributed by atoms with van der Waals surface area (Å²) in [6.07, 6.45) is 5.85. The van der Waals surface area contributed by atoms with Crippen LogP contribution >= 0.6 is 0 Å². The summed E-state index contributed by atoms with van der Waals surface area (Å²) in [5.41, 5.74) is -0.634. The molecule has 2 N–H and O–H groups in total. The normalized spacial score (nSPS) is 20.9. The van der Waals surface area contributed by atoms with E-state index >= 15 is 0 Å². The fraction of sp³-hybridized carbons (Fsp3) is 0.556. The number of anilines is 1. The summed E-state index contributed by atoms with van der Waals surface area (Å²) in [6.45, 7) is 5.23. The van der Waals surface area contributed by atoms with Crippen LogP contribution in [-0.2, 0) is 10.3 Å². The molecule has 0 aromatic carbocycles. The number of nitrogens with one attached hydrogen (secondary N) is 2. The Bertz CT molecular complexity index is 705. The van der Waals surface area contributed by atoms with Crippen LogP contribution in [0.3, 0.4) is 0 Å². The second-order valence-electron chi connectivity index (χ2n) is 7.17. The predicted molar refractivity (Wildman–Crippen MR) is 94.0 cm³/mol. The lowest BCUT2D eigenvalue weighted by molar-refractivity contribution is -0.120. The molecular weight excluding hydrogens is 318 g/mol. The molecule has 0 bridgehead atoms. The van der Waals surface area contributed by atoms with Gasteiger partial charge in [0.25, 0.3) is 0 Å². The Balaban J connectivity index is 1.57.